The van der Waals surface area contributed by atoms with E-state index in [1.54, 1.807) is 6.07 Å². The summed E-state index contributed by atoms with van der Waals surface area (Å²) in [6.45, 7) is 0. The van der Waals surface area contributed by atoms with Crippen LogP contribution >= 0.6 is 11.6 Å². The fraction of sp³-hybridized carbons (Fsp3) is 0. The lowest BCUT2D eigenvalue weighted by Crippen LogP contribution is -1.98. The van der Waals surface area contributed by atoms with E-state index in [9.17, 15) is 0 Å². The molecule has 0 unspecified atom stereocenters. The van der Waals surface area contributed by atoms with Gasteiger partial charge in [-0.1, -0.05) is 48.0 Å². The summed E-state index contributed by atoms with van der Waals surface area (Å²) < 4.78 is 7.49. The van der Waals surface area contributed by atoms with E-state index in [0.29, 0.717) is 16.8 Å². The van der Waals surface area contributed by atoms with E-state index in [4.69, 9.17) is 16.3 Å². The highest BCUT2D eigenvalue weighted by atomic mass is 35.5. The van der Waals surface area contributed by atoms with Crippen LogP contribution in [0.4, 0.5) is 0 Å². The van der Waals surface area contributed by atoms with Crippen molar-refractivity contribution in [3.05, 3.63) is 60.0 Å². The van der Waals surface area contributed by atoms with E-state index >= 15 is 0 Å². The molecule has 0 aliphatic heterocycles. The van der Waals surface area contributed by atoms with Crippen LogP contribution in [-0.2, 0) is 0 Å². The van der Waals surface area contributed by atoms with Crippen LogP contribution in [0, 0.1) is 0 Å². The van der Waals surface area contributed by atoms with Crippen molar-refractivity contribution in [2.45, 2.75) is 0 Å². The van der Waals surface area contributed by atoms with Gasteiger partial charge in [0.1, 0.15) is 17.2 Å². The predicted molar refractivity (Wildman–Crippen MR) is 79.8 cm³/mol. The van der Waals surface area contributed by atoms with Gasteiger partial charge in [-0.2, -0.15) is 19.6 Å². The highest BCUT2D eigenvalue weighted by Crippen LogP contribution is 2.30. The quantitative estimate of drug-likeness (QED) is 0.529. The number of aromatic nitrogens is 4. The summed E-state index contributed by atoms with van der Waals surface area (Å²) in [4.78, 5) is 8.10. The molecule has 0 amide bonds. The minimum atomic E-state index is 0.311. The summed E-state index contributed by atoms with van der Waals surface area (Å²) >= 11 is 5.99. The van der Waals surface area contributed by atoms with Crippen molar-refractivity contribution in [2.75, 3.05) is 0 Å². The molecule has 2 aromatic heterocycles. The van der Waals surface area contributed by atoms with Crippen molar-refractivity contribution >= 4 is 28.2 Å². The van der Waals surface area contributed by atoms with E-state index in [0.717, 1.165) is 16.5 Å². The zero-order valence-electron chi connectivity index (χ0n) is 10.8. The Balaban J connectivity index is 1.89. The molecule has 0 fully saturated rings. The Kier molecular flexibility index (Phi) is 2.72. The average molecular weight is 297 g/mol. The van der Waals surface area contributed by atoms with Crippen LogP contribution in [0.2, 0.25) is 5.15 Å². The van der Waals surface area contributed by atoms with Gasteiger partial charge in [0.05, 0.1) is 0 Å². The van der Waals surface area contributed by atoms with E-state index in [-0.39, 0.29) is 0 Å². The Labute approximate surface area is 124 Å². The summed E-state index contributed by atoms with van der Waals surface area (Å²) in [5, 5.41) is 6.52. The van der Waals surface area contributed by atoms with E-state index < -0.39 is 0 Å². The Morgan fingerprint density at radius 2 is 1.90 bits per heavy atom. The summed E-state index contributed by atoms with van der Waals surface area (Å²) in [6.07, 6.45) is 1.41. The Bertz CT molecular complexity index is 945. The molecule has 0 saturated carbocycles. The van der Waals surface area contributed by atoms with Gasteiger partial charge in [0.15, 0.2) is 0 Å². The molecule has 0 saturated heterocycles. The molecule has 0 radical (unpaired) electrons. The van der Waals surface area contributed by atoms with Crippen molar-refractivity contribution in [3.8, 4) is 11.6 Å². The molecule has 0 aliphatic rings. The third-order valence-corrected chi connectivity index (χ3v) is 3.35. The van der Waals surface area contributed by atoms with Crippen molar-refractivity contribution in [1.29, 1.82) is 0 Å². The van der Waals surface area contributed by atoms with Gasteiger partial charge in [-0.15, -0.1) is 0 Å². The second-order valence-corrected chi connectivity index (χ2v) is 4.86. The lowest BCUT2D eigenvalue weighted by atomic mass is 10.1. The zero-order valence-corrected chi connectivity index (χ0v) is 11.5. The highest BCUT2D eigenvalue weighted by molar-refractivity contribution is 6.29. The van der Waals surface area contributed by atoms with Crippen molar-refractivity contribution in [2.24, 2.45) is 0 Å². The lowest BCUT2D eigenvalue weighted by molar-refractivity contribution is 0.451. The first-order valence-corrected chi connectivity index (χ1v) is 6.71. The van der Waals surface area contributed by atoms with Gasteiger partial charge >= 0.3 is 0 Å². The van der Waals surface area contributed by atoms with Gasteiger partial charge in [-0.05, 0) is 11.5 Å². The van der Waals surface area contributed by atoms with Crippen LogP contribution in [0.15, 0.2) is 54.9 Å². The minimum Gasteiger partial charge on any atom is -0.438 e. The molecule has 6 heteroatoms. The van der Waals surface area contributed by atoms with Crippen LogP contribution in [0.3, 0.4) is 0 Å². The molecule has 4 rings (SSSR count). The highest BCUT2D eigenvalue weighted by Gasteiger charge is 2.10. The van der Waals surface area contributed by atoms with Gasteiger partial charge < -0.3 is 4.74 Å². The molecule has 21 heavy (non-hydrogen) atoms. The number of rotatable bonds is 2. The fourth-order valence-corrected chi connectivity index (χ4v) is 2.40. The third-order valence-electron chi connectivity index (χ3n) is 3.15. The van der Waals surface area contributed by atoms with Crippen LogP contribution < -0.4 is 4.74 Å². The number of halogens is 1. The van der Waals surface area contributed by atoms with Crippen LogP contribution in [0.25, 0.3) is 16.6 Å². The normalized spacial score (nSPS) is 11.1. The summed E-state index contributed by atoms with van der Waals surface area (Å²) in [6, 6.07) is 15.5. The predicted octanol–water partition coefficient (Wildman–Crippen LogP) is 3.72. The summed E-state index contributed by atoms with van der Waals surface area (Å²) in [7, 11) is 0. The molecule has 4 aromatic rings. The van der Waals surface area contributed by atoms with Crippen LogP contribution in [0.1, 0.15) is 0 Å². The smallest absolute Gasteiger partial charge is 0.256 e. The molecular weight excluding hydrogens is 288 g/mol. The molecule has 0 atom stereocenters. The molecule has 5 nitrogen and oxygen atoms in total. The number of ether oxygens (including phenoxy) is 1. The Morgan fingerprint density at radius 3 is 2.86 bits per heavy atom. The Hall–Kier alpha value is -2.66. The number of fused-ring (bicyclic) bond motifs is 2. The molecule has 102 valence electrons. The van der Waals surface area contributed by atoms with Gasteiger partial charge in [0, 0.05) is 11.5 Å². The second-order valence-electron chi connectivity index (χ2n) is 4.47. The van der Waals surface area contributed by atoms with E-state index in [1.807, 2.05) is 42.5 Å². The maximum Gasteiger partial charge on any atom is 0.256 e. The number of hydrogen-bond acceptors (Lipinski definition) is 4. The van der Waals surface area contributed by atoms with Crippen LogP contribution in [0.5, 0.6) is 11.6 Å². The first-order chi connectivity index (χ1) is 10.3. The molecule has 2 aromatic carbocycles. The molecule has 0 aliphatic carbocycles. The van der Waals surface area contributed by atoms with Gasteiger partial charge in [-0.25, -0.2) is 0 Å². The fourth-order valence-electron chi connectivity index (χ4n) is 2.23. The van der Waals surface area contributed by atoms with Crippen molar-refractivity contribution in [1.82, 2.24) is 19.6 Å². The SMILES string of the molecule is Clc1cc(Oc2cccc3ccccc23)n2ncnc2n1. The van der Waals surface area contributed by atoms with Crippen molar-refractivity contribution < 1.29 is 4.74 Å². The van der Waals surface area contributed by atoms with Gasteiger partial charge in [-0.3, -0.25) is 0 Å². The average Bonchev–Trinajstić information content (AvgIpc) is 2.96. The molecule has 2 heterocycles. The first kappa shape index (κ1) is 12.1. The maximum atomic E-state index is 5.99. The monoisotopic (exact) mass is 296 g/mol. The van der Waals surface area contributed by atoms with Gasteiger partial charge in [0.2, 0.25) is 5.88 Å². The van der Waals surface area contributed by atoms with E-state index in [1.165, 1.54) is 10.8 Å². The minimum absolute atomic E-state index is 0.311. The largest absolute Gasteiger partial charge is 0.438 e. The number of benzene rings is 2. The van der Waals surface area contributed by atoms with Gasteiger partial charge in [0.25, 0.3) is 5.78 Å². The number of hydrogen-bond donors (Lipinski definition) is 0. The summed E-state index contributed by atoms with van der Waals surface area (Å²) in [5.41, 5.74) is 0. The van der Waals surface area contributed by atoms with E-state index in [2.05, 4.69) is 15.1 Å². The summed E-state index contributed by atoms with van der Waals surface area (Å²) in [5.74, 6) is 1.60. The van der Waals surface area contributed by atoms with Crippen LogP contribution in [-0.4, -0.2) is 19.6 Å². The topological polar surface area (TPSA) is 52.3 Å². The standard InChI is InChI=1S/C15H9ClN4O/c16-13-8-14(20-15(19-13)17-9-18-20)21-12-7-3-5-10-4-1-2-6-11(10)12/h1-9H. The molecular formula is C15H9ClN4O. The first-order valence-electron chi connectivity index (χ1n) is 6.33. The zero-order chi connectivity index (χ0) is 14.2. The molecule has 0 spiro atoms. The lowest BCUT2D eigenvalue weighted by Gasteiger charge is -2.09. The number of nitrogens with zero attached hydrogens (tertiary/aromatic N) is 4. The Morgan fingerprint density at radius 1 is 1.05 bits per heavy atom. The molecule has 0 N–H and O–H groups in total. The van der Waals surface area contributed by atoms with Crippen molar-refractivity contribution in [3.63, 3.8) is 0 Å². The third kappa shape index (κ3) is 2.08. The maximum absolute atomic E-state index is 5.99. The molecule has 0 bridgehead atoms. The second kappa shape index (κ2) is 4.71.